The first-order valence-corrected chi connectivity index (χ1v) is 5.37. The normalized spacial score (nSPS) is 11.6. The molecule has 0 unspecified atom stereocenters. The summed E-state index contributed by atoms with van der Waals surface area (Å²) in [4.78, 5) is 9.02. The molecule has 0 spiro atoms. The number of rotatable bonds is 0. The predicted molar refractivity (Wildman–Crippen MR) is 63.6 cm³/mol. The van der Waals surface area contributed by atoms with Gasteiger partial charge < -0.3 is 5.21 Å². The van der Waals surface area contributed by atoms with Gasteiger partial charge >= 0.3 is 0 Å². The number of nitrogens with zero attached hydrogens (tertiary/aromatic N) is 4. The van der Waals surface area contributed by atoms with E-state index in [4.69, 9.17) is 0 Å². The number of hydrogen-bond acceptors (Lipinski definition) is 5. The van der Waals surface area contributed by atoms with Gasteiger partial charge in [0.1, 0.15) is 11.0 Å². The van der Waals surface area contributed by atoms with E-state index < -0.39 is 0 Å². The summed E-state index contributed by atoms with van der Waals surface area (Å²) in [7, 11) is 0. The van der Waals surface area contributed by atoms with Crippen molar-refractivity contribution in [2.75, 3.05) is 0 Å². The first kappa shape index (κ1) is 9.29. The Bertz CT molecular complexity index is 900. The highest BCUT2D eigenvalue weighted by atomic mass is 16.8. The van der Waals surface area contributed by atoms with Crippen molar-refractivity contribution in [3.63, 3.8) is 0 Å². The van der Waals surface area contributed by atoms with Crippen molar-refractivity contribution in [3.8, 4) is 0 Å². The molecule has 6 nitrogen and oxygen atoms in total. The van der Waals surface area contributed by atoms with Crippen LogP contribution in [0.1, 0.15) is 0 Å². The highest BCUT2D eigenvalue weighted by Crippen LogP contribution is 2.29. The summed E-state index contributed by atoms with van der Waals surface area (Å²) in [6, 6.07) is 7.22. The highest BCUT2D eigenvalue weighted by molar-refractivity contribution is 6.19. The predicted octanol–water partition coefficient (Wildman–Crippen LogP) is 1.56. The average Bonchev–Trinajstić information content (AvgIpc) is 2.82. The Hall–Kier alpha value is -2.76. The van der Waals surface area contributed by atoms with Gasteiger partial charge in [-0.05, 0) is 29.2 Å². The van der Waals surface area contributed by atoms with Crippen LogP contribution in [0.25, 0.3) is 32.8 Å². The lowest BCUT2D eigenvalue weighted by Gasteiger charge is -2.00. The number of aromatic nitrogens is 4. The summed E-state index contributed by atoms with van der Waals surface area (Å²) in [5, 5.41) is 16.9. The second kappa shape index (κ2) is 3.13. The van der Waals surface area contributed by atoms with Gasteiger partial charge in [0.2, 0.25) is 5.52 Å². The lowest BCUT2D eigenvalue weighted by atomic mass is 10.1. The number of fused-ring (bicyclic) bond motifs is 6. The summed E-state index contributed by atoms with van der Waals surface area (Å²) in [5.41, 5.74) is 2.29. The molecule has 0 atom stereocenters. The van der Waals surface area contributed by atoms with Crippen LogP contribution >= 0.6 is 0 Å². The third kappa shape index (κ3) is 1.01. The van der Waals surface area contributed by atoms with Gasteiger partial charge in [-0.15, -0.1) is 0 Å². The van der Waals surface area contributed by atoms with Gasteiger partial charge in [-0.2, -0.15) is 0 Å². The highest BCUT2D eigenvalue weighted by Gasteiger charge is 2.19. The third-order valence-corrected chi connectivity index (χ3v) is 2.96. The van der Waals surface area contributed by atoms with Crippen molar-refractivity contribution in [3.05, 3.63) is 41.9 Å². The molecule has 4 rings (SSSR count). The minimum absolute atomic E-state index is 0.388. The maximum Gasteiger partial charge on any atom is 0.258 e. The van der Waals surface area contributed by atoms with Crippen LogP contribution in [0, 0.1) is 5.21 Å². The van der Waals surface area contributed by atoms with Gasteiger partial charge in [0.25, 0.3) is 5.52 Å². The van der Waals surface area contributed by atoms with E-state index in [0.29, 0.717) is 26.8 Å². The van der Waals surface area contributed by atoms with E-state index in [9.17, 15) is 5.21 Å². The van der Waals surface area contributed by atoms with E-state index in [1.165, 1.54) is 0 Å². The molecule has 6 heteroatoms. The van der Waals surface area contributed by atoms with Crippen molar-refractivity contribution < 1.29 is 9.53 Å². The first-order chi connectivity index (χ1) is 8.86. The largest absolute Gasteiger partial charge is 0.359 e. The second-order valence-corrected chi connectivity index (χ2v) is 3.93. The lowest BCUT2D eigenvalue weighted by Crippen LogP contribution is -2.22. The molecule has 0 amide bonds. The molecular formula is C12H6N4O2. The van der Waals surface area contributed by atoms with E-state index in [1.54, 1.807) is 24.5 Å². The molecule has 0 N–H and O–H groups in total. The molecule has 0 saturated carbocycles. The molecule has 0 bridgehead atoms. The van der Waals surface area contributed by atoms with Crippen LogP contribution in [-0.2, 0) is 0 Å². The molecule has 0 aliphatic rings. The van der Waals surface area contributed by atoms with Gasteiger partial charge in [0.05, 0.1) is 10.8 Å². The van der Waals surface area contributed by atoms with Crippen LogP contribution in [0.2, 0.25) is 0 Å². The van der Waals surface area contributed by atoms with Gasteiger partial charge in [0.15, 0.2) is 0 Å². The number of benzene rings is 1. The topological polar surface area (TPSA) is 78.8 Å². The molecule has 4 aromatic rings. The summed E-state index contributed by atoms with van der Waals surface area (Å²) in [6.45, 7) is 0. The van der Waals surface area contributed by atoms with E-state index in [0.717, 1.165) is 10.9 Å². The molecule has 18 heavy (non-hydrogen) atoms. The van der Waals surface area contributed by atoms with Crippen molar-refractivity contribution in [1.29, 1.82) is 0 Å². The molecule has 0 radical (unpaired) electrons. The monoisotopic (exact) mass is 238 g/mol. The maximum atomic E-state index is 11.7. The van der Waals surface area contributed by atoms with Gasteiger partial charge in [-0.1, -0.05) is 0 Å². The molecule has 1 aromatic carbocycles. The van der Waals surface area contributed by atoms with Gasteiger partial charge in [-0.3, -0.25) is 14.6 Å². The minimum Gasteiger partial charge on any atom is -0.359 e. The van der Waals surface area contributed by atoms with Crippen LogP contribution in [0.4, 0.5) is 0 Å². The molecule has 0 aliphatic heterocycles. The molecular weight excluding hydrogens is 232 g/mol. The quantitative estimate of drug-likeness (QED) is 0.343. The third-order valence-electron chi connectivity index (χ3n) is 2.96. The fourth-order valence-corrected chi connectivity index (χ4v) is 2.22. The Morgan fingerprint density at radius 2 is 1.61 bits per heavy atom. The van der Waals surface area contributed by atoms with E-state index in [-0.39, 0.29) is 0 Å². The summed E-state index contributed by atoms with van der Waals surface area (Å²) < 4.78 is 4.69. The van der Waals surface area contributed by atoms with Crippen LogP contribution in [-0.4, -0.2) is 15.1 Å². The fourth-order valence-electron chi connectivity index (χ4n) is 2.22. The Labute approximate surface area is 100 Å². The Morgan fingerprint density at radius 1 is 0.944 bits per heavy atom. The Balaban J connectivity index is 2.48. The van der Waals surface area contributed by atoms with Crippen LogP contribution < -0.4 is 4.90 Å². The average molecular weight is 238 g/mol. The SMILES string of the molecule is [O-][n+]1onc2c3cccnc3c3ncccc3c21. The van der Waals surface area contributed by atoms with E-state index in [2.05, 4.69) is 19.8 Å². The van der Waals surface area contributed by atoms with Gasteiger partial charge in [-0.25, -0.2) is 0 Å². The fraction of sp³-hybridized carbons (Fsp3) is 0. The zero-order chi connectivity index (χ0) is 12.1. The van der Waals surface area contributed by atoms with Crippen LogP contribution in [0.3, 0.4) is 0 Å². The van der Waals surface area contributed by atoms with Crippen molar-refractivity contribution in [1.82, 2.24) is 15.1 Å². The second-order valence-electron chi connectivity index (χ2n) is 3.93. The molecule has 86 valence electrons. The molecule has 3 aromatic heterocycles. The van der Waals surface area contributed by atoms with Crippen molar-refractivity contribution in [2.45, 2.75) is 0 Å². The van der Waals surface area contributed by atoms with E-state index >= 15 is 0 Å². The molecule has 3 heterocycles. The summed E-state index contributed by atoms with van der Waals surface area (Å²) >= 11 is 0. The van der Waals surface area contributed by atoms with Crippen LogP contribution in [0.15, 0.2) is 41.3 Å². The molecule has 0 fully saturated rings. The Kier molecular flexibility index (Phi) is 1.62. The summed E-state index contributed by atoms with van der Waals surface area (Å²) in [5.74, 6) is 0. The van der Waals surface area contributed by atoms with Crippen LogP contribution in [0.5, 0.6) is 0 Å². The lowest BCUT2D eigenvalue weighted by molar-refractivity contribution is -0.781. The van der Waals surface area contributed by atoms with Crippen molar-refractivity contribution in [2.24, 2.45) is 0 Å². The number of pyridine rings is 2. The summed E-state index contributed by atoms with van der Waals surface area (Å²) in [6.07, 6.45) is 3.36. The van der Waals surface area contributed by atoms with Crippen molar-refractivity contribution >= 4 is 32.8 Å². The molecule has 0 aliphatic carbocycles. The smallest absolute Gasteiger partial charge is 0.258 e. The first-order valence-electron chi connectivity index (χ1n) is 5.37. The van der Waals surface area contributed by atoms with Gasteiger partial charge in [0, 0.05) is 17.6 Å². The van der Waals surface area contributed by atoms with E-state index in [1.807, 2.05) is 12.1 Å². The zero-order valence-corrected chi connectivity index (χ0v) is 9.07. The molecule has 0 saturated heterocycles. The number of hydrogen-bond donors (Lipinski definition) is 0. The minimum atomic E-state index is 0.388. The zero-order valence-electron chi connectivity index (χ0n) is 9.07. The standard InChI is InChI=1S/C12H6N4O2/c17-16-12-8-4-2-6-14-10(8)9-7(3-1-5-13-9)11(12)15-18-16/h1-6H. The maximum absolute atomic E-state index is 11.7. The Morgan fingerprint density at radius 3 is 2.39 bits per heavy atom.